The SMILES string of the molecule is O=[N+]([O-])c1cccc(CS(=O)(=O)NCCCO)c1. The van der Waals surface area contributed by atoms with Crippen LogP contribution in [0.3, 0.4) is 0 Å². The van der Waals surface area contributed by atoms with E-state index in [1.54, 1.807) is 0 Å². The van der Waals surface area contributed by atoms with Crippen LogP contribution in [0.15, 0.2) is 24.3 Å². The van der Waals surface area contributed by atoms with Gasteiger partial charge in [-0.1, -0.05) is 12.1 Å². The van der Waals surface area contributed by atoms with Crippen LogP contribution in [0, 0.1) is 10.1 Å². The standard InChI is InChI=1S/C10H14N2O5S/c13-6-2-5-11-18(16,17)8-9-3-1-4-10(7-9)12(14)15/h1,3-4,7,11,13H,2,5-6,8H2. The average molecular weight is 274 g/mol. The Hall–Kier alpha value is -1.51. The van der Waals surface area contributed by atoms with Gasteiger partial charge in [-0.05, 0) is 12.0 Å². The summed E-state index contributed by atoms with van der Waals surface area (Å²) in [7, 11) is -3.53. The molecule has 8 heteroatoms. The molecule has 7 nitrogen and oxygen atoms in total. The molecule has 100 valence electrons. The van der Waals surface area contributed by atoms with Crippen molar-refractivity contribution in [2.24, 2.45) is 0 Å². The van der Waals surface area contributed by atoms with Crippen molar-refractivity contribution in [3.05, 3.63) is 39.9 Å². The fraction of sp³-hybridized carbons (Fsp3) is 0.400. The first kappa shape index (κ1) is 14.6. The topological polar surface area (TPSA) is 110 Å². The third-order valence-electron chi connectivity index (χ3n) is 2.13. The van der Waals surface area contributed by atoms with Gasteiger partial charge in [0.2, 0.25) is 10.0 Å². The normalized spacial score (nSPS) is 11.4. The predicted molar refractivity (Wildman–Crippen MR) is 65.4 cm³/mol. The molecule has 0 saturated carbocycles. The van der Waals surface area contributed by atoms with Crippen LogP contribution in [0.1, 0.15) is 12.0 Å². The molecule has 1 aromatic carbocycles. The van der Waals surface area contributed by atoms with Gasteiger partial charge in [0, 0.05) is 25.3 Å². The number of nitrogens with zero attached hydrogens (tertiary/aromatic N) is 1. The molecule has 0 radical (unpaired) electrons. The molecule has 1 rings (SSSR count). The van der Waals surface area contributed by atoms with Gasteiger partial charge in [0.15, 0.2) is 0 Å². The first-order chi connectivity index (χ1) is 8.44. The summed E-state index contributed by atoms with van der Waals surface area (Å²) in [5, 5.41) is 19.1. The third kappa shape index (κ3) is 4.78. The van der Waals surface area contributed by atoms with E-state index in [4.69, 9.17) is 5.11 Å². The molecule has 0 aliphatic rings. The van der Waals surface area contributed by atoms with E-state index < -0.39 is 14.9 Å². The lowest BCUT2D eigenvalue weighted by atomic mass is 10.2. The maximum atomic E-state index is 11.6. The highest BCUT2D eigenvalue weighted by Gasteiger charge is 2.13. The Morgan fingerprint density at radius 2 is 2.11 bits per heavy atom. The molecular weight excluding hydrogens is 260 g/mol. The highest BCUT2D eigenvalue weighted by atomic mass is 32.2. The van der Waals surface area contributed by atoms with Crippen molar-refractivity contribution in [1.82, 2.24) is 4.72 Å². The molecule has 2 N–H and O–H groups in total. The summed E-state index contributed by atoms with van der Waals surface area (Å²) < 4.78 is 25.5. The Kier molecular flexibility index (Phi) is 5.20. The first-order valence-corrected chi connectivity index (χ1v) is 6.91. The van der Waals surface area contributed by atoms with Crippen LogP contribution >= 0.6 is 0 Å². The number of nitrogens with one attached hydrogen (secondary N) is 1. The number of non-ortho nitro benzene ring substituents is 1. The Morgan fingerprint density at radius 1 is 1.39 bits per heavy atom. The van der Waals surface area contributed by atoms with Gasteiger partial charge in [-0.3, -0.25) is 10.1 Å². The number of rotatable bonds is 7. The quantitative estimate of drug-likeness (QED) is 0.425. The number of sulfonamides is 1. The molecule has 0 aromatic heterocycles. The molecule has 0 atom stereocenters. The molecule has 0 unspecified atom stereocenters. The van der Waals surface area contributed by atoms with E-state index in [0.717, 1.165) is 0 Å². The summed E-state index contributed by atoms with van der Waals surface area (Å²) in [6, 6.07) is 5.48. The second-order valence-corrected chi connectivity index (χ2v) is 5.46. The maximum Gasteiger partial charge on any atom is 0.269 e. The summed E-state index contributed by atoms with van der Waals surface area (Å²) in [5.41, 5.74) is 0.207. The molecule has 0 bridgehead atoms. The number of nitro benzene ring substituents is 1. The van der Waals surface area contributed by atoms with Crippen LogP contribution in [-0.2, 0) is 15.8 Å². The number of aliphatic hydroxyl groups excluding tert-OH is 1. The molecule has 1 aromatic rings. The molecule has 0 heterocycles. The van der Waals surface area contributed by atoms with Gasteiger partial charge >= 0.3 is 0 Å². The molecule has 0 fully saturated rings. The van der Waals surface area contributed by atoms with E-state index in [-0.39, 0.29) is 24.6 Å². The zero-order valence-corrected chi connectivity index (χ0v) is 10.4. The van der Waals surface area contributed by atoms with Crippen molar-refractivity contribution in [2.45, 2.75) is 12.2 Å². The number of hydrogen-bond donors (Lipinski definition) is 2. The Morgan fingerprint density at radius 3 is 2.72 bits per heavy atom. The minimum Gasteiger partial charge on any atom is -0.396 e. The number of hydrogen-bond acceptors (Lipinski definition) is 5. The number of benzene rings is 1. The van der Waals surface area contributed by atoms with Crippen molar-refractivity contribution in [3.8, 4) is 0 Å². The van der Waals surface area contributed by atoms with Crippen LogP contribution in [0.2, 0.25) is 0 Å². The van der Waals surface area contributed by atoms with E-state index in [2.05, 4.69) is 4.72 Å². The molecule has 0 aliphatic heterocycles. The molecule has 0 spiro atoms. The number of aliphatic hydroxyl groups is 1. The maximum absolute atomic E-state index is 11.6. The van der Waals surface area contributed by atoms with Crippen LogP contribution < -0.4 is 4.72 Å². The van der Waals surface area contributed by atoms with Crippen LogP contribution in [0.25, 0.3) is 0 Å². The third-order valence-corrected chi connectivity index (χ3v) is 3.49. The molecule has 18 heavy (non-hydrogen) atoms. The van der Waals surface area contributed by atoms with Crippen LogP contribution in [0.5, 0.6) is 0 Å². The molecule has 0 amide bonds. The second-order valence-electron chi connectivity index (χ2n) is 3.66. The lowest BCUT2D eigenvalue weighted by Gasteiger charge is -2.05. The predicted octanol–water partition coefficient (Wildman–Crippen LogP) is 0.397. The fourth-order valence-electron chi connectivity index (χ4n) is 1.34. The molecule has 0 aliphatic carbocycles. The van der Waals surface area contributed by atoms with Gasteiger partial charge in [-0.2, -0.15) is 0 Å². The fourth-order valence-corrected chi connectivity index (χ4v) is 2.51. The molecule has 0 saturated heterocycles. The van der Waals surface area contributed by atoms with Gasteiger partial charge in [0.05, 0.1) is 10.7 Å². The highest BCUT2D eigenvalue weighted by molar-refractivity contribution is 7.88. The summed E-state index contributed by atoms with van der Waals surface area (Å²) in [6.45, 7) is 0.0487. The van der Waals surface area contributed by atoms with Crippen molar-refractivity contribution in [2.75, 3.05) is 13.2 Å². The largest absolute Gasteiger partial charge is 0.396 e. The van der Waals surface area contributed by atoms with Crippen molar-refractivity contribution < 1.29 is 18.4 Å². The minimum absolute atomic E-state index is 0.0979. The summed E-state index contributed by atoms with van der Waals surface area (Å²) >= 11 is 0. The number of nitro groups is 1. The van der Waals surface area contributed by atoms with Gasteiger partial charge in [0.1, 0.15) is 0 Å². The second kappa shape index (κ2) is 6.43. The van der Waals surface area contributed by atoms with E-state index in [1.807, 2.05) is 0 Å². The van der Waals surface area contributed by atoms with E-state index in [1.165, 1.54) is 24.3 Å². The summed E-state index contributed by atoms with van der Waals surface area (Å²) in [4.78, 5) is 9.97. The summed E-state index contributed by atoms with van der Waals surface area (Å²) in [6.07, 6.45) is 0.328. The van der Waals surface area contributed by atoms with Crippen LogP contribution in [0.4, 0.5) is 5.69 Å². The Labute approximate surface area is 105 Å². The zero-order chi connectivity index (χ0) is 13.6. The Bertz CT molecular complexity index is 515. The lowest BCUT2D eigenvalue weighted by Crippen LogP contribution is -2.26. The van der Waals surface area contributed by atoms with Gasteiger partial charge < -0.3 is 5.11 Å². The minimum atomic E-state index is -3.53. The van der Waals surface area contributed by atoms with Crippen LogP contribution in [-0.4, -0.2) is 31.6 Å². The van der Waals surface area contributed by atoms with Gasteiger partial charge in [-0.15, -0.1) is 0 Å². The van der Waals surface area contributed by atoms with Crippen molar-refractivity contribution in [3.63, 3.8) is 0 Å². The highest BCUT2D eigenvalue weighted by Crippen LogP contribution is 2.14. The summed E-state index contributed by atoms with van der Waals surface area (Å²) in [5.74, 6) is -0.319. The zero-order valence-electron chi connectivity index (χ0n) is 9.57. The molecular formula is C10H14N2O5S. The smallest absolute Gasteiger partial charge is 0.269 e. The lowest BCUT2D eigenvalue weighted by molar-refractivity contribution is -0.384. The van der Waals surface area contributed by atoms with E-state index in [0.29, 0.717) is 12.0 Å². The van der Waals surface area contributed by atoms with Crippen molar-refractivity contribution >= 4 is 15.7 Å². The van der Waals surface area contributed by atoms with E-state index >= 15 is 0 Å². The van der Waals surface area contributed by atoms with E-state index in [9.17, 15) is 18.5 Å². The monoisotopic (exact) mass is 274 g/mol. The van der Waals surface area contributed by atoms with Crippen molar-refractivity contribution in [1.29, 1.82) is 0 Å². The van der Waals surface area contributed by atoms with Gasteiger partial charge in [0.25, 0.3) is 5.69 Å². The Balaban J connectivity index is 2.72. The first-order valence-electron chi connectivity index (χ1n) is 5.26. The van der Waals surface area contributed by atoms with Gasteiger partial charge in [-0.25, -0.2) is 13.1 Å². The average Bonchev–Trinajstić information content (AvgIpc) is 2.28.